The van der Waals surface area contributed by atoms with E-state index in [2.05, 4.69) is 26.8 Å². The van der Waals surface area contributed by atoms with Gasteiger partial charge in [0.05, 0.1) is 53.4 Å². The molecule has 1 fully saturated rings. The van der Waals surface area contributed by atoms with E-state index in [1.165, 1.54) is 0 Å². The third kappa shape index (κ3) is 5.00. The molecule has 1 N–H and O–H groups in total. The Morgan fingerprint density at radius 2 is 1.93 bits per heavy atom. The van der Waals surface area contributed by atoms with Crippen LogP contribution in [0.3, 0.4) is 0 Å². The molecule has 0 spiro atoms. The van der Waals surface area contributed by atoms with Crippen LogP contribution in [0.2, 0.25) is 5.02 Å². The van der Waals surface area contributed by atoms with E-state index < -0.39 is 0 Å². The number of hydrogen-bond acceptors (Lipinski definition) is 6. The van der Waals surface area contributed by atoms with Crippen molar-refractivity contribution in [3.8, 4) is 16.9 Å². The maximum atomic E-state index is 13.8. The zero-order valence-corrected chi connectivity index (χ0v) is 24.0. The highest BCUT2D eigenvalue weighted by Gasteiger charge is 2.33. The molecular formula is C31H31ClN8O2. The van der Waals surface area contributed by atoms with Crippen molar-refractivity contribution in [2.45, 2.75) is 57.5 Å². The molecule has 2 aliphatic heterocycles. The van der Waals surface area contributed by atoms with Gasteiger partial charge in [0, 0.05) is 40.9 Å². The molecule has 2 amide bonds. The van der Waals surface area contributed by atoms with Gasteiger partial charge in [-0.25, -0.2) is 4.68 Å². The number of halogens is 1. The number of aromatic nitrogens is 6. The van der Waals surface area contributed by atoms with E-state index in [1.54, 1.807) is 35.5 Å². The summed E-state index contributed by atoms with van der Waals surface area (Å²) in [4.78, 5) is 33.6. The smallest absolute Gasteiger partial charge is 0.247 e. The topological polar surface area (TPSA) is 111 Å². The second kappa shape index (κ2) is 10.8. The van der Waals surface area contributed by atoms with E-state index in [4.69, 9.17) is 16.6 Å². The molecular weight excluding hydrogens is 552 g/mol. The van der Waals surface area contributed by atoms with Crippen LogP contribution in [0.15, 0.2) is 61.2 Å². The van der Waals surface area contributed by atoms with Gasteiger partial charge in [0.25, 0.3) is 0 Å². The van der Waals surface area contributed by atoms with E-state index in [1.807, 2.05) is 40.8 Å². The Morgan fingerprint density at radius 3 is 2.71 bits per heavy atom. The Bertz CT molecular complexity index is 1690. The van der Waals surface area contributed by atoms with Gasteiger partial charge in [0.1, 0.15) is 0 Å². The predicted molar refractivity (Wildman–Crippen MR) is 159 cm³/mol. The summed E-state index contributed by atoms with van der Waals surface area (Å²) in [6.45, 7) is 2.49. The molecule has 0 radical (unpaired) electrons. The molecule has 2 bridgehead atoms. The molecule has 2 atom stereocenters. The molecule has 10 nitrogen and oxygen atoms in total. The Hall–Kier alpha value is -4.31. The van der Waals surface area contributed by atoms with Crippen molar-refractivity contribution in [3.63, 3.8) is 0 Å². The van der Waals surface area contributed by atoms with Crippen LogP contribution in [0.5, 0.6) is 0 Å². The van der Waals surface area contributed by atoms with Crippen molar-refractivity contribution in [3.05, 3.63) is 77.5 Å². The van der Waals surface area contributed by atoms with Crippen molar-refractivity contribution < 1.29 is 9.59 Å². The second-order valence-electron chi connectivity index (χ2n) is 11.3. The van der Waals surface area contributed by atoms with Crippen LogP contribution in [0.1, 0.15) is 68.8 Å². The number of anilines is 1. The first-order valence-corrected chi connectivity index (χ1v) is 14.9. The van der Waals surface area contributed by atoms with Crippen LogP contribution in [0.4, 0.5) is 5.69 Å². The summed E-state index contributed by atoms with van der Waals surface area (Å²) in [6, 6.07) is 9.72. The average Bonchev–Trinajstić information content (AvgIpc) is 3.52. The lowest BCUT2D eigenvalue weighted by molar-refractivity contribution is -0.129. The van der Waals surface area contributed by atoms with Gasteiger partial charge in [-0.3, -0.25) is 19.3 Å². The van der Waals surface area contributed by atoms with Gasteiger partial charge in [-0.15, -0.1) is 5.10 Å². The number of nitrogens with one attached hydrogen (secondary N) is 1. The first-order chi connectivity index (χ1) is 20.5. The highest BCUT2D eigenvalue weighted by Crippen LogP contribution is 2.42. The number of amides is 2. The summed E-state index contributed by atoms with van der Waals surface area (Å²) in [5.74, 6) is -0.251. The van der Waals surface area contributed by atoms with Gasteiger partial charge >= 0.3 is 0 Å². The highest BCUT2D eigenvalue weighted by molar-refractivity contribution is 6.30. The normalized spacial score (nSPS) is 21.2. The summed E-state index contributed by atoms with van der Waals surface area (Å²) in [6.07, 6.45) is 13.7. The van der Waals surface area contributed by atoms with Gasteiger partial charge in [-0.2, -0.15) is 5.10 Å². The van der Waals surface area contributed by atoms with Crippen molar-refractivity contribution in [2.75, 3.05) is 11.9 Å². The molecule has 214 valence electrons. The Kier molecular flexibility index (Phi) is 6.85. The van der Waals surface area contributed by atoms with Crippen molar-refractivity contribution in [1.29, 1.82) is 0 Å². The predicted octanol–water partition coefficient (Wildman–Crippen LogP) is 5.63. The monoisotopic (exact) mass is 582 g/mol. The van der Waals surface area contributed by atoms with Crippen LogP contribution >= 0.6 is 11.6 Å². The Balaban J connectivity index is 1.25. The minimum absolute atomic E-state index is 0.00988. The van der Waals surface area contributed by atoms with Crippen LogP contribution in [0, 0.1) is 5.92 Å². The molecule has 5 heterocycles. The fourth-order valence-corrected chi connectivity index (χ4v) is 6.23. The highest BCUT2D eigenvalue weighted by atomic mass is 35.5. The number of carbonyl (C=O) groups is 2. The van der Waals surface area contributed by atoms with Crippen molar-refractivity contribution >= 4 is 34.7 Å². The maximum Gasteiger partial charge on any atom is 0.247 e. The van der Waals surface area contributed by atoms with E-state index in [9.17, 15) is 9.59 Å². The largest absolute Gasteiger partial charge is 0.330 e. The van der Waals surface area contributed by atoms with Crippen molar-refractivity contribution in [2.24, 2.45) is 5.92 Å². The number of pyridine rings is 1. The first-order valence-electron chi connectivity index (χ1n) is 14.5. The quantitative estimate of drug-likeness (QED) is 0.334. The third-order valence-electron chi connectivity index (χ3n) is 8.46. The SMILES string of the molecule is C[C@@H]1CCC[C@H](N2CCC(c3cc(Cl)ccc3-n3ccnn3)=CC2=O)c2cc(ccn2)-c2c(cnn2C2CC2)NC1=O. The molecule has 1 aromatic carbocycles. The fourth-order valence-electron chi connectivity index (χ4n) is 6.06. The number of carbonyl (C=O) groups excluding carboxylic acids is 2. The molecule has 7 rings (SSSR count). The first kappa shape index (κ1) is 26.6. The van der Waals surface area contributed by atoms with Gasteiger partial charge in [0.2, 0.25) is 11.8 Å². The molecule has 0 unspecified atom stereocenters. The molecule has 1 saturated carbocycles. The van der Waals surface area contributed by atoms with Crippen molar-refractivity contribution in [1.82, 2.24) is 34.7 Å². The standard InChI is InChI=1S/C31H31ClN8O2/c1-19-3-2-4-28(25-15-21(9-11-33-25)30-26(36-31(19)42)18-35-40(30)23-6-7-23)38-13-10-20(16-29(38)41)24-17-22(32)5-8-27(24)39-14-12-34-37-39/h5,8-9,11-12,14-19,23,28H,2-4,6-7,10,13H2,1H3,(H,36,42)/t19-,28+/m1/s1. The average molecular weight is 583 g/mol. The summed E-state index contributed by atoms with van der Waals surface area (Å²) < 4.78 is 3.71. The molecule has 3 aromatic heterocycles. The Labute approximate surface area is 248 Å². The van der Waals surface area contributed by atoms with Crippen LogP contribution < -0.4 is 5.32 Å². The molecule has 11 heteroatoms. The molecule has 0 saturated heterocycles. The second-order valence-corrected chi connectivity index (χ2v) is 11.8. The molecule has 1 aliphatic carbocycles. The van der Waals surface area contributed by atoms with Crippen LogP contribution in [-0.4, -0.2) is 53.0 Å². The fraction of sp³-hybridized carbons (Fsp3) is 0.355. The van der Waals surface area contributed by atoms with Gasteiger partial charge in [0.15, 0.2) is 0 Å². The van der Waals surface area contributed by atoms with Crippen LogP contribution in [0.25, 0.3) is 22.5 Å². The zero-order chi connectivity index (χ0) is 28.8. The summed E-state index contributed by atoms with van der Waals surface area (Å²) in [5.41, 5.74) is 5.99. The maximum absolute atomic E-state index is 13.8. The lowest BCUT2D eigenvalue weighted by atomic mass is 9.93. The Morgan fingerprint density at radius 1 is 1.05 bits per heavy atom. The lowest BCUT2D eigenvalue weighted by Crippen LogP contribution is -2.38. The number of rotatable bonds is 4. The van der Waals surface area contributed by atoms with Gasteiger partial charge < -0.3 is 10.2 Å². The van der Waals surface area contributed by atoms with E-state index >= 15 is 0 Å². The van der Waals surface area contributed by atoms with E-state index in [-0.39, 0.29) is 23.8 Å². The number of fused-ring (bicyclic) bond motifs is 4. The molecule has 4 aromatic rings. The lowest BCUT2D eigenvalue weighted by Gasteiger charge is -2.34. The number of hydrogen-bond donors (Lipinski definition) is 1. The zero-order valence-electron chi connectivity index (χ0n) is 23.3. The minimum atomic E-state index is -0.222. The summed E-state index contributed by atoms with van der Waals surface area (Å²) in [7, 11) is 0. The number of nitrogens with zero attached hydrogens (tertiary/aromatic N) is 7. The summed E-state index contributed by atoms with van der Waals surface area (Å²) >= 11 is 6.38. The van der Waals surface area contributed by atoms with Gasteiger partial charge in [-0.1, -0.05) is 30.2 Å². The minimum Gasteiger partial charge on any atom is -0.330 e. The van der Waals surface area contributed by atoms with E-state index in [0.717, 1.165) is 58.7 Å². The van der Waals surface area contributed by atoms with E-state index in [0.29, 0.717) is 36.9 Å². The molecule has 3 aliphatic rings. The number of benzene rings is 1. The van der Waals surface area contributed by atoms with Gasteiger partial charge in [-0.05, 0) is 68.0 Å². The summed E-state index contributed by atoms with van der Waals surface area (Å²) in [5, 5.41) is 16.4. The third-order valence-corrected chi connectivity index (χ3v) is 8.69. The van der Waals surface area contributed by atoms with Crippen LogP contribution in [-0.2, 0) is 9.59 Å². The molecule has 42 heavy (non-hydrogen) atoms.